The first-order valence-corrected chi connectivity index (χ1v) is 2.33. The van der Waals surface area contributed by atoms with E-state index >= 15 is 0 Å². The van der Waals surface area contributed by atoms with E-state index in [1.165, 1.54) is 6.20 Å². The zero-order valence-electron chi connectivity index (χ0n) is 4.94. The van der Waals surface area contributed by atoms with Crippen molar-refractivity contribution in [1.82, 2.24) is 10.4 Å². The van der Waals surface area contributed by atoms with Crippen LogP contribution in [0.2, 0.25) is 0 Å². The molecule has 0 radical (unpaired) electrons. The van der Waals surface area contributed by atoms with E-state index in [2.05, 4.69) is 14.9 Å². The first-order valence-electron chi connectivity index (χ1n) is 2.33. The van der Waals surface area contributed by atoms with Crippen LogP contribution >= 0.6 is 12.4 Å². The lowest BCUT2D eigenvalue weighted by Gasteiger charge is -1.92. The molecule has 9 heavy (non-hydrogen) atoms. The summed E-state index contributed by atoms with van der Waals surface area (Å²) in [4.78, 5) is 0. The average molecular weight is 150 g/mol. The highest BCUT2D eigenvalue weighted by Crippen LogP contribution is 2.03. The number of aromatic nitrogens is 2. The normalized spacial score (nSPS) is 12.2. The van der Waals surface area contributed by atoms with Crippen molar-refractivity contribution in [3.05, 3.63) is 12.0 Å². The van der Waals surface area contributed by atoms with E-state index in [0.717, 1.165) is 0 Å². The fourth-order valence-corrected chi connectivity index (χ4v) is 0.375. The van der Waals surface area contributed by atoms with Gasteiger partial charge in [-0.2, -0.15) is 0 Å². The van der Waals surface area contributed by atoms with Crippen molar-refractivity contribution in [2.45, 2.75) is 13.0 Å². The molecule has 0 aliphatic heterocycles. The summed E-state index contributed by atoms with van der Waals surface area (Å²) >= 11 is 0. The lowest BCUT2D eigenvalue weighted by Crippen LogP contribution is -2.02. The molecule has 0 aliphatic rings. The molecule has 5 heteroatoms. The van der Waals surface area contributed by atoms with Crippen LogP contribution < -0.4 is 5.73 Å². The molecule has 0 aromatic carbocycles. The van der Waals surface area contributed by atoms with Crippen molar-refractivity contribution in [3.8, 4) is 0 Å². The van der Waals surface area contributed by atoms with Gasteiger partial charge in [-0.1, -0.05) is 0 Å². The number of rotatable bonds is 1. The SMILES string of the molecule is CC(N)c1cnno1.Cl. The fourth-order valence-electron chi connectivity index (χ4n) is 0.375. The van der Waals surface area contributed by atoms with Gasteiger partial charge in [0, 0.05) is 5.27 Å². The van der Waals surface area contributed by atoms with Crippen molar-refractivity contribution < 1.29 is 4.52 Å². The molecule has 4 nitrogen and oxygen atoms in total. The zero-order chi connectivity index (χ0) is 5.98. The molecule has 0 amide bonds. The Morgan fingerprint density at radius 1 is 1.78 bits per heavy atom. The molecule has 1 rings (SSSR count). The van der Waals surface area contributed by atoms with Crippen molar-refractivity contribution >= 4 is 12.4 Å². The van der Waals surface area contributed by atoms with Gasteiger partial charge in [0.1, 0.15) is 0 Å². The lowest BCUT2D eigenvalue weighted by molar-refractivity contribution is 0.349. The molecule has 52 valence electrons. The van der Waals surface area contributed by atoms with E-state index in [1.807, 2.05) is 6.92 Å². The summed E-state index contributed by atoms with van der Waals surface area (Å²) in [6.45, 7) is 1.81. The molecular weight excluding hydrogens is 142 g/mol. The molecule has 1 aromatic rings. The van der Waals surface area contributed by atoms with Gasteiger partial charge in [-0.15, -0.1) is 17.5 Å². The highest BCUT2D eigenvalue weighted by Gasteiger charge is 2.01. The van der Waals surface area contributed by atoms with Gasteiger partial charge >= 0.3 is 0 Å². The van der Waals surface area contributed by atoms with Gasteiger partial charge in [-0.05, 0) is 6.92 Å². The first-order chi connectivity index (χ1) is 3.80. The monoisotopic (exact) mass is 149 g/mol. The van der Waals surface area contributed by atoms with Crippen LogP contribution in [0.4, 0.5) is 0 Å². The van der Waals surface area contributed by atoms with Crippen LogP contribution in [0.3, 0.4) is 0 Å². The predicted octanol–water partition coefficient (Wildman–Crippen LogP) is 0.511. The van der Waals surface area contributed by atoms with Crippen LogP contribution in [0, 0.1) is 0 Å². The lowest BCUT2D eigenvalue weighted by atomic mass is 10.3. The number of nitrogens with zero attached hydrogens (tertiary/aromatic N) is 2. The molecule has 0 spiro atoms. The summed E-state index contributed by atoms with van der Waals surface area (Å²) in [6, 6.07) is -0.106. The molecule has 0 fully saturated rings. The van der Waals surface area contributed by atoms with Crippen LogP contribution in [-0.4, -0.2) is 10.4 Å². The molecule has 1 unspecified atom stereocenters. The Morgan fingerprint density at radius 2 is 2.44 bits per heavy atom. The van der Waals surface area contributed by atoms with Crippen LogP contribution in [-0.2, 0) is 0 Å². The second kappa shape index (κ2) is 3.42. The standard InChI is InChI=1S/C4H7N3O.ClH/c1-3(5)4-2-6-7-8-4;/h2-3H,5H2,1H3;1H. The van der Waals surface area contributed by atoms with Crippen molar-refractivity contribution in [3.63, 3.8) is 0 Å². The van der Waals surface area contributed by atoms with Crippen LogP contribution in [0.1, 0.15) is 18.7 Å². The van der Waals surface area contributed by atoms with Crippen LogP contribution in [0.25, 0.3) is 0 Å². The molecule has 0 aliphatic carbocycles. The summed E-state index contributed by atoms with van der Waals surface area (Å²) in [5, 5.41) is 6.69. The molecular formula is C4H8ClN3O. The Labute approximate surface area is 58.8 Å². The molecule has 1 aromatic heterocycles. The van der Waals surface area contributed by atoms with Crippen LogP contribution in [0.5, 0.6) is 0 Å². The van der Waals surface area contributed by atoms with Gasteiger partial charge < -0.3 is 10.3 Å². The minimum atomic E-state index is -0.106. The molecule has 0 saturated carbocycles. The highest BCUT2D eigenvalue weighted by molar-refractivity contribution is 5.85. The smallest absolute Gasteiger partial charge is 0.173 e. The van der Waals surface area contributed by atoms with E-state index in [0.29, 0.717) is 5.76 Å². The number of nitrogens with two attached hydrogens (primary N) is 1. The Balaban J connectivity index is 0.000000640. The maximum atomic E-state index is 5.38. The third-order valence-corrected chi connectivity index (χ3v) is 0.827. The van der Waals surface area contributed by atoms with E-state index in [4.69, 9.17) is 5.73 Å². The third-order valence-electron chi connectivity index (χ3n) is 0.827. The highest BCUT2D eigenvalue weighted by atomic mass is 35.5. The van der Waals surface area contributed by atoms with Gasteiger partial charge in [0.15, 0.2) is 5.76 Å². The second-order valence-corrected chi connectivity index (χ2v) is 1.61. The predicted molar refractivity (Wildman–Crippen MR) is 34.1 cm³/mol. The number of hydrogen-bond donors (Lipinski definition) is 1. The average Bonchev–Trinajstić information content (AvgIpc) is 2.12. The van der Waals surface area contributed by atoms with Gasteiger partial charge in [0.05, 0.1) is 12.2 Å². The number of halogens is 1. The minimum absolute atomic E-state index is 0. The van der Waals surface area contributed by atoms with Crippen molar-refractivity contribution in [2.24, 2.45) is 5.73 Å². The third kappa shape index (κ3) is 1.99. The van der Waals surface area contributed by atoms with E-state index in [1.54, 1.807) is 0 Å². The minimum Gasteiger partial charge on any atom is -0.340 e. The van der Waals surface area contributed by atoms with E-state index in [-0.39, 0.29) is 18.4 Å². The van der Waals surface area contributed by atoms with Crippen LogP contribution in [0.15, 0.2) is 10.7 Å². The maximum absolute atomic E-state index is 5.38. The Kier molecular flexibility index (Phi) is 3.19. The summed E-state index contributed by atoms with van der Waals surface area (Å²) in [5.41, 5.74) is 5.38. The molecule has 1 heterocycles. The number of hydrogen-bond acceptors (Lipinski definition) is 4. The van der Waals surface area contributed by atoms with Crippen molar-refractivity contribution in [2.75, 3.05) is 0 Å². The molecule has 0 bridgehead atoms. The molecule has 2 N–H and O–H groups in total. The van der Waals surface area contributed by atoms with E-state index < -0.39 is 0 Å². The first kappa shape index (κ1) is 8.39. The second-order valence-electron chi connectivity index (χ2n) is 1.61. The maximum Gasteiger partial charge on any atom is 0.173 e. The van der Waals surface area contributed by atoms with Gasteiger partial charge in [-0.3, -0.25) is 0 Å². The van der Waals surface area contributed by atoms with Gasteiger partial charge in [0.25, 0.3) is 0 Å². The summed E-state index contributed by atoms with van der Waals surface area (Å²) in [7, 11) is 0. The summed E-state index contributed by atoms with van der Waals surface area (Å²) < 4.78 is 4.61. The molecule has 0 saturated heterocycles. The quantitative estimate of drug-likeness (QED) is 0.632. The summed E-state index contributed by atoms with van der Waals surface area (Å²) in [6.07, 6.45) is 1.50. The Bertz CT molecular complexity index is 151. The topological polar surface area (TPSA) is 64.9 Å². The van der Waals surface area contributed by atoms with E-state index in [9.17, 15) is 0 Å². The fraction of sp³-hybridized carbons (Fsp3) is 0.500. The molecule has 1 atom stereocenters. The van der Waals surface area contributed by atoms with Gasteiger partial charge in [0.2, 0.25) is 0 Å². The Hall–Kier alpha value is -0.610. The van der Waals surface area contributed by atoms with Gasteiger partial charge in [-0.25, -0.2) is 0 Å². The van der Waals surface area contributed by atoms with Crippen molar-refractivity contribution in [1.29, 1.82) is 0 Å². The zero-order valence-corrected chi connectivity index (χ0v) is 5.76. The summed E-state index contributed by atoms with van der Waals surface area (Å²) in [5.74, 6) is 0.616. The Morgan fingerprint density at radius 3 is 2.67 bits per heavy atom. The largest absolute Gasteiger partial charge is 0.340 e.